The third-order valence-electron chi connectivity index (χ3n) is 4.06. The Hall–Kier alpha value is -3.68. The van der Waals surface area contributed by atoms with Gasteiger partial charge in [-0.1, -0.05) is 22.9 Å². The second kappa shape index (κ2) is 9.50. The maximum atomic E-state index is 11.9. The van der Waals surface area contributed by atoms with Crippen molar-refractivity contribution in [1.82, 2.24) is 10.1 Å². The van der Waals surface area contributed by atoms with Crippen LogP contribution in [0.15, 0.2) is 53.1 Å². The van der Waals surface area contributed by atoms with Crippen LogP contribution >= 0.6 is 0 Å². The second-order valence-corrected chi connectivity index (χ2v) is 6.32. The number of aromatic nitrogens is 2. The van der Waals surface area contributed by atoms with Gasteiger partial charge in [-0.3, -0.25) is 9.59 Å². The maximum Gasteiger partial charge on any atom is 0.306 e. The van der Waals surface area contributed by atoms with Gasteiger partial charge in [0.2, 0.25) is 11.7 Å². The van der Waals surface area contributed by atoms with Crippen LogP contribution in [0.4, 0.5) is 5.69 Å². The molecule has 0 spiro atoms. The zero-order valence-corrected chi connectivity index (χ0v) is 16.2. The number of nitrogens with one attached hydrogen (secondary N) is 1. The first-order valence-electron chi connectivity index (χ1n) is 9.02. The molecular formula is C21H21N3O5. The Morgan fingerprint density at radius 1 is 1.07 bits per heavy atom. The average Bonchev–Trinajstić information content (AvgIpc) is 3.21. The molecule has 0 aliphatic rings. The SMILES string of the molecule is COc1ccc(-c2noc(CCC(=O)OCC(=O)Nc3ccc(C)cc3)n2)cc1. The minimum Gasteiger partial charge on any atom is -0.497 e. The van der Waals surface area contributed by atoms with Crippen LogP contribution in [-0.2, 0) is 20.7 Å². The highest BCUT2D eigenvalue weighted by Crippen LogP contribution is 2.20. The molecule has 0 radical (unpaired) electrons. The van der Waals surface area contributed by atoms with Gasteiger partial charge in [-0.25, -0.2) is 0 Å². The highest BCUT2D eigenvalue weighted by molar-refractivity contribution is 5.92. The molecule has 29 heavy (non-hydrogen) atoms. The van der Waals surface area contributed by atoms with E-state index in [-0.39, 0.29) is 19.4 Å². The van der Waals surface area contributed by atoms with Gasteiger partial charge in [-0.05, 0) is 43.3 Å². The summed E-state index contributed by atoms with van der Waals surface area (Å²) in [5, 5.41) is 6.57. The van der Waals surface area contributed by atoms with E-state index in [1.165, 1.54) is 0 Å². The number of benzene rings is 2. The largest absolute Gasteiger partial charge is 0.497 e. The summed E-state index contributed by atoms with van der Waals surface area (Å²) in [6.07, 6.45) is 0.254. The van der Waals surface area contributed by atoms with E-state index in [0.29, 0.717) is 17.4 Å². The van der Waals surface area contributed by atoms with Crippen LogP contribution in [0.1, 0.15) is 17.9 Å². The first-order chi connectivity index (χ1) is 14.0. The third kappa shape index (κ3) is 5.90. The Morgan fingerprint density at radius 3 is 2.48 bits per heavy atom. The average molecular weight is 395 g/mol. The number of hydrogen-bond acceptors (Lipinski definition) is 7. The first kappa shape index (κ1) is 20.1. The Kier molecular flexibility index (Phi) is 6.57. The molecule has 1 amide bonds. The number of hydrogen-bond donors (Lipinski definition) is 1. The molecule has 0 saturated carbocycles. The summed E-state index contributed by atoms with van der Waals surface area (Å²) < 4.78 is 15.3. The van der Waals surface area contributed by atoms with Crippen LogP contribution in [0.3, 0.4) is 0 Å². The first-order valence-corrected chi connectivity index (χ1v) is 9.02. The molecule has 0 unspecified atom stereocenters. The van der Waals surface area contributed by atoms with Crippen molar-refractivity contribution in [1.29, 1.82) is 0 Å². The third-order valence-corrected chi connectivity index (χ3v) is 4.06. The summed E-state index contributed by atoms with van der Waals surface area (Å²) in [6.45, 7) is 1.60. The lowest BCUT2D eigenvalue weighted by molar-refractivity contribution is -0.147. The monoisotopic (exact) mass is 395 g/mol. The van der Waals surface area contributed by atoms with E-state index in [2.05, 4.69) is 15.5 Å². The standard InChI is InChI=1S/C21H21N3O5/c1-14-3-7-16(8-4-14)22-18(25)13-28-20(26)12-11-19-23-21(24-29-19)15-5-9-17(27-2)10-6-15/h3-10H,11-13H2,1-2H3,(H,22,25). The maximum absolute atomic E-state index is 11.9. The molecule has 8 nitrogen and oxygen atoms in total. The number of ether oxygens (including phenoxy) is 2. The fraction of sp³-hybridized carbons (Fsp3) is 0.238. The quantitative estimate of drug-likeness (QED) is 0.584. The molecule has 0 bridgehead atoms. The molecule has 1 aromatic heterocycles. The minimum absolute atomic E-state index is 0.0298. The van der Waals surface area contributed by atoms with Crippen molar-refractivity contribution in [3.8, 4) is 17.1 Å². The molecular weight excluding hydrogens is 374 g/mol. The van der Waals surface area contributed by atoms with Crippen molar-refractivity contribution in [2.75, 3.05) is 19.0 Å². The molecule has 2 aromatic carbocycles. The van der Waals surface area contributed by atoms with E-state index in [1.807, 2.05) is 31.2 Å². The van der Waals surface area contributed by atoms with Gasteiger partial charge in [0.05, 0.1) is 13.5 Å². The summed E-state index contributed by atoms with van der Waals surface area (Å²) in [6, 6.07) is 14.5. The van der Waals surface area contributed by atoms with Crippen molar-refractivity contribution < 1.29 is 23.6 Å². The number of amides is 1. The number of methoxy groups -OCH3 is 1. The van der Waals surface area contributed by atoms with E-state index in [1.54, 1.807) is 31.4 Å². The molecule has 150 valence electrons. The number of aryl methyl sites for hydroxylation is 2. The molecule has 3 aromatic rings. The van der Waals surface area contributed by atoms with Gasteiger partial charge in [0.15, 0.2) is 6.61 Å². The summed E-state index contributed by atoms with van der Waals surface area (Å²) in [4.78, 5) is 28.0. The smallest absolute Gasteiger partial charge is 0.306 e. The van der Waals surface area contributed by atoms with Crippen molar-refractivity contribution >= 4 is 17.6 Å². The van der Waals surface area contributed by atoms with Gasteiger partial charge in [-0.2, -0.15) is 4.98 Å². The minimum atomic E-state index is -0.520. The summed E-state index contributed by atoms with van der Waals surface area (Å²) in [5.41, 5.74) is 2.51. The Labute approximate surface area is 167 Å². The predicted molar refractivity (Wildman–Crippen MR) is 105 cm³/mol. The normalized spacial score (nSPS) is 10.4. The lowest BCUT2D eigenvalue weighted by Crippen LogP contribution is -2.21. The van der Waals surface area contributed by atoms with Crippen LogP contribution in [0.5, 0.6) is 5.75 Å². The van der Waals surface area contributed by atoms with Gasteiger partial charge in [0.1, 0.15) is 5.75 Å². The van der Waals surface area contributed by atoms with Gasteiger partial charge < -0.3 is 19.3 Å². The van der Waals surface area contributed by atoms with E-state index in [9.17, 15) is 9.59 Å². The number of carbonyl (C=O) groups excluding carboxylic acids is 2. The van der Waals surface area contributed by atoms with Gasteiger partial charge >= 0.3 is 5.97 Å². The van der Waals surface area contributed by atoms with Crippen molar-refractivity contribution in [2.45, 2.75) is 19.8 Å². The Balaban J connectivity index is 1.42. The number of anilines is 1. The van der Waals surface area contributed by atoms with Gasteiger partial charge in [0.25, 0.3) is 5.91 Å². The lowest BCUT2D eigenvalue weighted by atomic mass is 10.2. The molecule has 0 aliphatic carbocycles. The Morgan fingerprint density at radius 2 is 1.79 bits per heavy atom. The van der Waals surface area contributed by atoms with E-state index in [0.717, 1.165) is 16.9 Å². The van der Waals surface area contributed by atoms with Crippen LogP contribution in [-0.4, -0.2) is 35.7 Å². The van der Waals surface area contributed by atoms with Crippen LogP contribution < -0.4 is 10.1 Å². The number of carbonyl (C=O) groups is 2. The van der Waals surface area contributed by atoms with Crippen LogP contribution in [0.2, 0.25) is 0 Å². The zero-order chi connectivity index (χ0) is 20.6. The number of nitrogens with zero attached hydrogens (tertiary/aromatic N) is 2. The van der Waals surface area contributed by atoms with Crippen LogP contribution in [0, 0.1) is 6.92 Å². The lowest BCUT2D eigenvalue weighted by Gasteiger charge is -2.06. The molecule has 1 N–H and O–H groups in total. The molecule has 3 rings (SSSR count). The van der Waals surface area contributed by atoms with Gasteiger partial charge in [-0.15, -0.1) is 0 Å². The fourth-order valence-electron chi connectivity index (χ4n) is 2.47. The predicted octanol–water partition coefficient (Wildman–Crippen LogP) is 3.17. The zero-order valence-electron chi connectivity index (χ0n) is 16.2. The van der Waals surface area contributed by atoms with Crippen molar-refractivity contribution in [3.63, 3.8) is 0 Å². The van der Waals surface area contributed by atoms with Crippen LogP contribution in [0.25, 0.3) is 11.4 Å². The number of esters is 1. The van der Waals surface area contributed by atoms with Crippen molar-refractivity contribution in [3.05, 3.63) is 60.0 Å². The summed E-state index contributed by atoms with van der Waals surface area (Å²) in [7, 11) is 1.59. The molecule has 1 heterocycles. The summed E-state index contributed by atoms with van der Waals surface area (Å²) >= 11 is 0. The summed E-state index contributed by atoms with van der Waals surface area (Å²) in [5.74, 6) is 0.548. The molecule has 0 fully saturated rings. The molecule has 8 heteroatoms. The highest BCUT2D eigenvalue weighted by atomic mass is 16.5. The second-order valence-electron chi connectivity index (χ2n) is 6.32. The molecule has 0 saturated heterocycles. The highest BCUT2D eigenvalue weighted by Gasteiger charge is 2.13. The topological polar surface area (TPSA) is 104 Å². The van der Waals surface area contributed by atoms with E-state index in [4.69, 9.17) is 14.0 Å². The van der Waals surface area contributed by atoms with E-state index >= 15 is 0 Å². The number of rotatable bonds is 8. The van der Waals surface area contributed by atoms with Crippen molar-refractivity contribution in [2.24, 2.45) is 0 Å². The Bertz CT molecular complexity index is 965. The molecule has 0 atom stereocenters. The van der Waals surface area contributed by atoms with Gasteiger partial charge in [0, 0.05) is 17.7 Å². The molecule has 0 aliphatic heterocycles. The van der Waals surface area contributed by atoms with E-state index < -0.39 is 11.9 Å². The fourth-order valence-corrected chi connectivity index (χ4v) is 2.47.